The van der Waals surface area contributed by atoms with E-state index in [1.54, 1.807) is 22.8 Å². The molecule has 3 heterocycles. The van der Waals surface area contributed by atoms with Crippen LogP contribution in [-0.4, -0.2) is 50.8 Å². The zero-order valence-corrected chi connectivity index (χ0v) is 16.1. The van der Waals surface area contributed by atoms with Crippen LogP contribution in [-0.2, 0) is 10.0 Å². The van der Waals surface area contributed by atoms with Crippen LogP contribution >= 0.6 is 0 Å². The first kappa shape index (κ1) is 18.5. The highest BCUT2D eigenvalue weighted by molar-refractivity contribution is 7.89. The molecule has 4 rings (SSSR count). The van der Waals surface area contributed by atoms with Crippen LogP contribution in [0.4, 0.5) is 5.95 Å². The average Bonchev–Trinajstić information content (AvgIpc) is 3.10. The van der Waals surface area contributed by atoms with Crippen molar-refractivity contribution in [1.82, 2.24) is 23.9 Å². The first-order valence-corrected chi connectivity index (χ1v) is 10.5. The minimum absolute atomic E-state index is 0.0172. The van der Waals surface area contributed by atoms with E-state index < -0.39 is 15.9 Å². The van der Waals surface area contributed by atoms with Crippen LogP contribution in [0.1, 0.15) is 36.5 Å². The molecule has 1 atom stereocenters. The van der Waals surface area contributed by atoms with Crippen molar-refractivity contribution in [3.05, 3.63) is 48.3 Å². The van der Waals surface area contributed by atoms with E-state index in [2.05, 4.69) is 20.4 Å². The third kappa shape index (κ3) is 3.48. The second-order valence-electron chi connectivity index (χ2n) is 6.74. The van der Waals surface area contributed by atoms with Gasteiger partial charge in [-0.05, 0) is 50.1 Å². The standard InChI is InChI=1S/C18H20N6O3S/c1-13-5-2-3-12-24(13)28(26,27)15-8-6-14(7-9-15)16(25)20-17-21-18-19-10-4-11-23(18)22-17/h4,6-11,13H,2-3,5,12H2,1H3,(H,20,22,25)/t13-/m1/s1. The van der Waals surface area contributed by atoms with Gasteiger partial charge >= 0.3 is 0 Å². The molecule has 1 aromatic carbocycles. The zero-order chi connectivity index (χ0) is 19.7. The van der Waals surface area contributed by atoms with Gasteiger partial charge < -0.3 is 0 Å². The number of hydrogen-bond acceptors (Lipinski definition) is 6. The molecule has 0 aliphatic carbocycles. The SMILES string of the molecule is C[C@@H]1CCCCN1S(=O)(=O)c1ccc(C(=O)Nc2nc3ncccn3n2)cc1. The summed E-state index contributed by atoms with van der Waals surface area (Å²) in [4.78, 5) is 20.8. The van der Waals surface area contributed by atoms with Crippen molar-refractivity contribution < 1.29 is 13.2 Å². The largest absolute Gasteiger partial charge is 0.289 e. The summed E-state index contributed by atoms with van der Waals surface area (Å²) in [6.07, 6.45) is 6.02. The summed E-state index contributed by atoms with van der Waals surface area (Å²) in [6, 6.07) is 7.59. The third-order valence-corrected chi connectivity index (χ3v) is 6.83. The van der Waals surface area contributed by atoms with Gasteiger partial charge in [0.05, 0.1) is 4.90 Å². The first-order valence-electron chi connectivity index (χ1n) is 9.06. The fourth-order valence-corrected chi connectivity index (χ4v) is 5.00. The molecule has 1 aliphatic rings. The summed E-state index contributed by atoms with van der Waals surface area (Å²) in [5.74, 6) is 0.0728. The highest BCUT2D eigenvalue weighted by atomic mass is 32.2. The van der Waals surface area contributed by atoms with Gasteiger partial charge in [0.25, 0.3) is 17.6 Å². The molecule has 1 aliphatic heterocycles. The van der Waals surface area contributed by atoms with Crippen molar-refractivity contribution in [3.8, 4) is 0 Å². The molecule has 1 fully saturated rings. The van der Waals surface area contributed by atoms with Crippen LogP contribution in [0.25, 0.3) is 5.78 Å². The fourth-order valence-electron chi connectivity index (χ4n) is 3.30. The second-order valence-corrected chi connectivity index (χ2v) is 8.63. The van der Waals surface area contributed by atoms with Crippen LogP contribution in [0.5, 0.6) is 0 Å². The number of aromatic nitrogens is 4. The number of piperidine rings is 1. The summed E-state index contributed by atoms with van der Waals surface area (Å²) in [7, 11) is -3.56. The Hall–Kier alpha value is -2.85. The predicted molar refractivity (Wildman–Crippen MR) is 102 cm³/mol. The van der Waals surface area contributed by atoms with E-state index in [9.17, 15) is 13.2 Å². The summed E-state index contributed by atoms with van der Waals surface area (Å²) < 4.78 is 28.7. The molecule has 0 unspecified atom stereocenters. The molecule has 0 radical (unpaired) electrons. The van der Waals surface area contributed by atoms with Gasteiger partial charge in [-0.2, -0.15) is 9.29 Å². The summed E-state index contributed by atoms with van der Waals surface area (Å²) in [5, 5.41) is 6.71. The number of hydrogen-bond donors (Lipinski definition) is 1. The molecule has 10 heteroatoms. The van der Waals surface area contributed by atoms with E-state index in [0.29, 0.717) is 17.9 Å². The minimum Gasteiger partial charge on any atom is -0.289 e. The molecule has 3 aromatic rings. The summed E-state index contributed by atoms with van der Waals surface area (Å²) >= 11 is 0. The van der Waals surface area contributed by atoms with Gasteiger partial charge in [-0.15, -0.1) is 5.10 Å². The summed E-state index contributed by atoms with van der Waals surface area (Å²) in [6.45, 7) is 2.45. The zero-order valence-electron chi connectivity index (χ0n) is 15.3. The number of carbonyl (C=O) groups is 1. The van der Waals surface area contributed by atoms with Gasteiger partial charge in [0.2, 0.25) is 10.0 Å². The van der Waals surface area contributed by atoms with E-state index in [4.69, 9.17) is 0 Å². The average molecular weight is 400 g/mol. The number of benzene rings is 1. The third-order valence-electron chi connectivity index (χ3n) is 4.81. The number of rotatable bonds is 4. The Bertz CT molecular complexity index is 1080. The van der Waals surface area contributed by atoms with Crippen LogP contribution < -0.4 is 5.32 Å². The van der Waals surface area contributed by atoms with Gasteiger partial charge in [0, 0.05) is 30.5 Å². The maximum Gasteiger partial charge on any atom is 0.258 e. The summed E-state index contributed by atoms with van der Waals surface area (Å²) in [5.41, 5.74) is 0.317. The van der Waals surface area contributed by atoms with Crippen molar-refractivity contribution in [3.63, 3.8) is 0 Å². The first-order chi connectivity index (χ1) is 13.4. The Balaban J connectivity index is 1.51. The monoisotopic (exact) mass is 400 g/mol. The van der Waals surface area contributed by atoms with E-state index in [1.807, 2.05) is 6.92 Å². The number of amides is 1. The maximum atomic E-state index is 12.9. The molecule has 1 N–H and O–H groups in total. The smallest absolute Gasteiger partial charge is 0.258 e. The molecular formula is C18H20N6O3S. The van der Waals surface area contributed by atoms with Crippen molar-refractivity contribution in [2.24, 2.45) is 0 Å². The molecule has 28 heavy (non-hydrogen) atoms. The van der Waals surface area contributed by atoms with Crippen LogP contribution in [0.15, 0.2) is 47.6 Å². The molecule has 2 aromatic heterocycles. The number of nitrogens with one attached hydrogen (secondary N) is 1. The number of carbonyl (C=O) groups excluding carboxylic acids is 1. The lowest BCUT2D eigenvalue weighted by atomic mass is 10.1. The van der Waals surface area contributed by atoms with Gasteiger partial charge in [0.1, 0.15) is 0 Å². The van der Waals surface area contributed by atoms with Gasteiger partial charge in [0.15, 0.2) is 0 Å². The van der Waals surface area contributed by atoms with Crippen molar-refractivity contribution in [1.29, 1.82) is 0 Å². The van der Waals surface area contributed by atoms with Gasteiger partial charge in [-0.25, -0.2) is 17.9 Å². The predicted octanol–water partition coefficient (Wildman–Crippen LogP) is 1.94. The number of nitrogens with zero attached hydrogens (tertiary/aromatic N) is 5. The lowest BCUT2D eigenvalue weighted by Crippen LogP contribution is -2.41. The van der Waals surface area contributed by atoms with E-state index in [-0.39, 0.29) is 16.9 Å². The number of fused-ring (bicyclic) bond motifs is 1. The maximum absolute atomic E-state index is 12.9. The Morgan fingerprint density at radius 1 is 1.21 bits per heavy atom. The van der Waals surface area contributed by atoms with Crippen molar-refractivity contribution in [2.75, 3.05) is 11.9 Å². The van der Waals surface area contributed by atoms with E-state index >= 15 is 0 Å². The van der Waals surface area contributed by atoms with Crippen LogP contribution in [0.2, 0.25) is 0 Å². The molecule has 146 valence electrons. The van der Waals surface area contributed by atoms with Crippen molar-refractivity contribution in [2.45, 2.75) is 37.1 Å². The molecule has 0 saturated carbocycles. The topological polar surface area (TPSA) is 110 Å². The highest BCUT2D eigenvalue weighted by Crippen LogP contribution is 2.25. The molecule has 1 amide bonds. The second kappa shape index (κ2) is 7.28. The van der Waals surface area contributed by atoms with Crippen molar-refractivity contribution >= 4 is 27.7 Å². The molecule has 9 nitrogen and oxygen atoms in total. The quantitative estimate of drug-likeness (QED) is 0.717. The minimum atomic E-state index is -3.56. The molecule has 0 bridgehead atoms. The molecule has 1 saturated heterocycles. The van der Waals surface area contributed by atoms with E-state index in [0.717, 1.165) is 19.3 Å². The van der Waals surface area contributed by atoms with Crippen LogP contribution in [0, 0.1) is 0 Å². The Morgan fingerprint density at radius 2 is 2.00 bits per heavy atom. The fraction of sp³-hybridized carbons (Fsp3) is 0.333. The number of sulfonamides is 1. The Kier molecular flexibility index (Phi) is 4.82. The Morgan fingerprint density at radius 3 is 2.71 bits per heavy atom. The van der Waals surface area contributed by atoms with E-state index in [1.165, 1.54) is 28.8 Å². The van der Waals surface area contributed by atoms with Gasteiger partial charge in [-0.3, -0.25) is 10.1 Å². The highest BCUT2D eigenvalue weighted by Gasteiger charge is 2.30. The van der Waals surface area contributed by atoms with Crippen LogP contribution in [0.3, 0.4) is 0 Å². The normalized spacial score (nSPS) is 18.2. The van der Waals surface area contributed by atoms with Gasteiger partial charge in [-0.1, -0.05) is 6.42 Å². The molecular weight excluding hydrogens is 380 g/mol. The lowest BCUT2D eigenvalue weighted by Gasteiger charge is -2.32. The molecule has 0 spiro atoms. The Labute approximate surface area is 162 Å². The number of anilines is 1. The lowest BCUT2D eigenvalue weighted by molar-refractivity contribution is 0.102.